The van der Waals surface area contributed by atoms with E-state index < -0.39 is 0 Å². The minimum absolute atomic E-state index is 0.323. The van der Waals surface area contributed by atoms with E-state index in [1.54, 1.807) is 0 Å². The first-order chi connectivity index (χ1) is 13.7. The lowest BCUT2D eigenvalue weighted by molar-refractivity contribution is -0.00389. The summed E-state index contributed by atoms with van der Waals surface area (Å²) in [5, 5.41) is 0. The molecule has 3 fully saturated rings. The zero-order chi connectivity index (χ0) is 23.0. The van der Waals surface area contributed by atoms with Gasteiger partial charge in [-0.25, -0.2) is 0 Å². The third-order valence-electron chi connectivity index (χ3n) is 6.96. The maximum absolute atomic E-state index is 5.25. The van der Waals surface area contributed by atoms with Gasteiger partial charge in [0, 0.05) is 24.2 Å². The number of rotatable bonds is 0. The van der Waals surface area contributed by atoms with Gasteiger partial charge in [0.25, 0.3) is 0 Å². The van der Waals surface area contributed by atoms with Gasteiger partial charge in [0.2, 0.25) is 0 Å². The summed E-state index contributed by atoms with van der Waals surface area (Å²) in [6, 6.07) is 0. The van der Waals surface area contributed by atoms with Gasteiger partial charge in [0.15, 0.2) is 0 Å². The molecule has 0 amide bonds. The maximum Gasteiger partial charge on any atom is 0.0594 e. The van der Waals surface area contributed by atoms with E-state index in [4.69, 9.17) is 4.74 Å². The number of likely N-dealkylation sites (tertiary alicyclic amines) is 2. The van der Waals surface area contributed by atoms with Crippen molar-refractivity contribution in [2.75, 3.05) is 59.5 Å². The van der Waals surface area contributed by atoms with E-state index in [0.717, 1.165) is 32.2 Å². The van der Waals surface area contributed by atoms with Crippen LogP contribution < -0.4 is 0 Å². The number of nitrogens with zero attached hydrogens (tertiary/aromatic N) is 3. The van der Waals surface area contributed by atoms with Crippen molar-refractivity contribution < 1.29 is 4.74 Å². The van der Waals surface area contributed by atoms with Crippen LogP contribution in [-0.4, -0.2) is 85.3 Å². The first-order valence-electron chi connectivity index (χ1n) is 12.5. The highest BCUT2D eigenvalue weighted by atomic mass is 16.5. The Hall–Kier alpha value is -0.160. The normalized spacial score (nSPS) is 23.4. The van der Waals surface area contributed by atoms with E-state index in [-0.39, 0.29) is 0 Å². The van der Waals surface area contributed by atoms with Crippen LogP contribution in [0.25, 0.3) is 0 Å². The molecule has 0 spiro atoms. The minimum Gasteiger partial charge on any atom is -0.379 e. The van der Waals surface area contributed by atoms with Crippen LogP contribution in [0, 0.1) is 11.3 Å². The summed E-state index contributed by atoms with van der Waals surface area (Å²) >= 11 is 0. The molecule has 0 atom stereocenters. The Morgan fingerprint density at radius 3 is 1.30 bits per heavy atom. The number of hydrogen-bond donors (Lipinski definition) is 0. The molecule has 0 N–H and O–H groups in total. The summed E-state index contributed by atoms with van der Waals surface area (Å²) in [4.78, 5) is 7.44. The second-order valence-corrected chi connectivity index (χ2v) is 12.6. The Labute approximate surface area is 189 Å². The molecule has 3 saturated heterocycles. The number of piperidine rings is 1. The van der Waals surface area contributed by atoms with Gasteiger partial charge in [-0.05, 0) is 112 Å². The van der Waals surface area contributed by atoms with Crippen molar-refractivity contribution in [2.45, 2.75) is 99.1 Å². The molecule has 30 heavy (non-hydrogen) atoms. The molecular weight excluding hydrogens is 370 g/mol. The molecule has 0 aromatic heterocycles. The Morgan fingerprint density at radius 2 is 1.00 bits per heavy atom. The third kappa shape index (κ3) is 10.9. The Bertz CT molecular complexity index is 438. The van der Waals surface area contributed by atoms with Gasteiger partial charge in [-0.15, -0.1) is 0 Å². The summed E-state index contributed by atoms with van der Waals surface area (Å²) in [5.74, 6) is 0.943. The lowest BCUT2D eigenvalue weighted by Crippen LogP contribution is -2.47. The highest BCUT2D eigenvalue weighted by Gasteiger charge is 2.27. The van der Waals surface area contributed by atoms with E-state index in [1.807, 2.05) is 0 Å². The molecular formula is C26H55N3O. The van der Waals surface area contributed by atoms with Crippen molar-refractivity contribution in [2.24, 2.45) is 11.3 Å². The van der Waals surface area contributed by atoms with Crippen LogP contribution >= 0.6 is 0 Å². The second-order valence-electron chi connectivity index (χ2n) is 12.6. The standard InChI is InChI=1S/C10H21N.C8H17NO.C8H17N/c1-10(2,3)9-5-7-11(4)8-6-9;1-8(2,3)9-4-6-10-7-5-9;1-8(2,3)9-6-4-5-7-9/h9H,5-8H2,1-4H3;4-7H2,1-3H3;4-7H2,1-3H3. The first kappa shape index (κ1) is 27.9. The van der Waals surface area contributed by atoms with E-state index in [2.05, 4.69) is 84.1 Å². The predicted octanol–water partition coefficient (Wildman–Crippen LogP) is 5.37. The molecule has 3 rings (SSSR count). The van der Waals surface area contributed by atoms with Gasteiger partial charge in [0.1, 0.15) is 0 Å². The fraction of sp³-hybridized carbons (Fsp3) is 1.00. The molecule has 4 heteroatoms. The van der Waals surface area contributed by atoms with Gasteiger partial charge in [-0.1, -0.05) is 20.8 Å². The van der Waals surface area contributed by atoms with Crippen LogP contribution in [0.3, 0.4) is 0 Å². The summed E-state index contributed by atoms with van der Waals surface area (Å²) in [7, 11) is 2.22. The lowest BCUT2D eigenvalue weighted by atomic mass is 9.75. The fourth-order valence-electron chi connectivity index (χ4n) is 4.50. The molecule has 0 aliphatic carbocycles. The van der Waals surface area contributed by atoms with E-state index in [9.17, 15) is 0 Å². The van der Waals surface area contributed by atoms with Gasteiger partial charge >= 0.3 is 0 Å². The summed E-state index contributed by atoms with van der Waals surface area (Å²) in [6.07, 6.45) is 5.58. The highest BCUT2D eigenvalue weighted by molar-refractivity contribution is 4.80. The fourth-order valence-corrected chi connectivity index (χ4v) is 4.50. The van der Waals surface area contributed by atoms with Gasteiger partial charge < -0.3 is 9.64 Å². The molecule has 0 bridgehead atoms. The Kier molecular flexibility index (Phi) is 11.3. The highest BCUT2D eigenvalue weighted by Crippen LogP contribution is 2.33. The monoisotopic (exact) mass is 425 g/mol. The largest absolute Gasteiger partial charge is 0.379 e. The van der Waals surface area contributed by atoms with Crippen LogP contribution in [0.2, 0.25) is 0 Å². The average Bonchev–Trinajstić information content (AvgIpc) is 3.18. The van der Waals surface area contributed by atoms with Gasteiger partial charge in [-0.2, -0.15) is 0 Å². The summed E-state index contributed by atoms with van der Waals surface area (Å²) < 4.78 is 5.25. The van der Waals surface area contributed by atoms with Crippen LogP contribution in [0.4, 0.5) is 0 Å². The van der Waals surface area contributed by atoms with Crippen LogP contribution in [0.5, 0.6) is 0 Å². The molecule has 180 valence electrons. The topological polar surface area (TPSA) is 19.0 Å². The smallest absolute Gasteiger partial charge is 0.0594 e. The quantitative estimate of drug-likeness (QED) is 0.519. The number of morpholine rings is 1. The molecule has 0 aromatic rings. The van der Waals surface area contributed by atoms with Gasteiger partial charge in [-0.3, -0.25) is 9.80 Å². The third-order valence-corrected chi connectivity index (χ3v) is 6.96. The zero-order valence-electron chi connectivity index (χ0n) is 22.3. The van der Waals surface area contributed by atoms with Crippen LogP contribution in [-0.2, 0) is 4.74 Å². The lowest BCUT2D eigenvalue weighted by Gasteiger charge is -2.38. The second kappa shape index (κ2) is 12.2. The molecule has 0 radical (unpaired) electrons. The van der Waals surface area contributed by atoms with E-state index >= 15 is 0 Å². The first-order valence-corrected chi connectivity index (χ1v) is 12.5. The van der Waals surface area contributed by atoms with Gasteiger partial charge in [0.05, 0.1) is 13.2 Å². The van der Waals surface area contributed by atoms with E-state index in [1.165, 1.54) is 51.9 Å². The molecule has 0 unspecified atom stereocenters. The molecule has 3 heterocycles. The summed E-state index contributed by atoms with van der Waals surface area (Å²) in [5.41, 5.74) is 1.27. The van der Waals surface area contributed by atoms with Crippen molar-refractivity contribution in [3.05, 3.63) is 0 Å². The van der Waals surface area contributed by atoms with Crippen LogP contribution in [0.15, 0.2) is 0 Å². The Morgan fingerprint density at radius 1 is 0.600 bits per heavy atom. The molecule has 4 nitrogen and oxygen atoms in total. The average molecular weight is 426 g/mol. The minimum atomic E-state index is 0.323. The van der Waals surface area contributed by atoms with E-state index in [0.29, 0.717) is 16.5 Å². The predicted molar refractivity (Wildman–Crippen MR) is 132 cm³/mol. The summed E-state index contributed by atoms with van der Waals surface area (Å²) in [6.45, 7) is 29.9. The SMILES string of the molecule is CC(C)(C)N1CCCC1.CC(C)(C)N1CCOCC1.CN1CCC(C(C)(C)C)CC1. The molecule has 0 saturated carbocycles. The van der Waals surface area contributed by atoms with Crippen molar-refractivity contribution >= 4 is 0 Å². The zero-order valence-corrected chi connectivity index (χ0v) is 22.3. The Balaban J connectivity index is 0.000000226. The number of ether oxygens (including phenoxy) is 1. The molecule has 3 aliphatic heterocycles. The molecule has 0 aromatic carbocycles. The van der Waals surface area contributed by atoms with Crippen molar-refractivity contribution in [3.8, 4) is 0 Å². The maximum atomic E-state index is 5.25. The molecule has 3 aliphatic rings. The van der Waals surface area contributed by atoms with Crippen LogP contribution in [0.1, 0.15) is 88.0 Å². The van der Waals surface area contributed by atoms with Crippen molar-refractivity contribution in [3.63, 3.8) is 0 Å². The van der Waals surface area contributed by atoms with Crippen molar-refractivity contribution in [1.29, 1.82) is 0 Å². The number of hydrogen-bond acceptors (Lipinski definition) is 4. The van der Waals surface area contributed by atoms with Crippen molar-refractivity contribution in [1.82, 2.24) is 14.7 Å².